The highest BCUT2D eigenvalue weighted by molar-refractivity contribution is 5.89. The highest BCUT2D eigenvalue weighted by Gasteiger charge is 2.31. The van der Waals surface area contributed by atoms with E-state index in [-0.39, 0.29) is 24.6 Å². The summed E-state index contributed by atoms with van der Waals surface area (Å²) in [5, 5.41) is 12.0. The lowest BCUT2D eigenvalue weighted by atomic mass is 9.91. The second-order valence-corrected chi connectivity index (χ2v) is 6.57. The molecule has 6 nitrogen and oxygen atoms in total. The molecule has 0 aliphatic carbocycles. The third-order valence-electron chi connectivity index (χ3n) is 4.31. The summed E-state index contributed by atoms with van der Waals surface area (Å²) in [6.45, 7) is 6.86. The molecule has 1 aliphatic heterocycles. The van der Waals surface area contributed by atoms with Crippen molar-refractivity contribution in [3.05, 3.63) is 24.3 Å². The van der Waals surface area contributed by atoms with E-state index >= 15 is 0 Å². The Balaban J connectivity index is 1.95. The van der Waals surface area contributed by atoms with E-state index in [1.165, 1.54) is 0 Å². The molecule has 0 bridgehead atoms. The third kappa shape index (κ3) is 4.88. The zero-order chi connectivity index (χ0) is 17.7. The molecule has 0 spiro atoms. The largest absolute Gasteiger partial charge is 0.491 e. The van der Waals surface area contributed by atoms with Crippen molar-refractivity contribution in [1.29, 1.82) is 0 Å². The van der Waals surface area contributed by atoms with E-state index in [1.54, 1.807) is 17.0 Å². The van der Waals surface area contributed by atoms with Gasteiger partial charge in [0.15, 0.2) is 0 Å². The van der Waals surface area contributed by atoms with E-state index in [1.807, 2.05) is 26.0 Å². The van der Waals surface area contributed by atoms with Crippen LogP contribution in [0.4, 0.5) is 10.5 Å². The normalized spacial score (nSPS) is 21.9. The number of carbonyl (C=O) groups excluding carboxylic acids is 1. The number of amides is 2. The first-order chi connectivity index (χ1) is 11.4. The van der Waals surface area contributed by atoms with Crippen LogP contribution in [0.3, 0.4) is 0 Å². The standard InChI is InChI=1S/C18H26N2O4/c1-4-13(3)24-16-7-5-15(6-8-16)19-18(23)20-10-12(2)9-14(11-20)17(21)22/h5-8,12-14H,4,9-11H2,1-3H3,(H,19,23)(H,21,22). The summed E-state index contributed by atoms with van der Waals surface area (Å²) >= 11 is 0. The number of carboxylic acids is 1. The Hall–Kier alpha value is -2.24. The molecule has 1 aromatic carbocycles. The SMILES string of the molecule is CCC(C)Oc1ccc(NC(=O)N2CC(C)CC(C(=O)O)C2)cc1. The highest BCUT2D eigenvalue weighted by atomic mass is 16.5. The predicted molar refractivity (Wildman–Crippen MR) is 92.3 cm³/mol. The van der Waals surface area contributed by atoms with Crippen LogP contribution in [-0.4, -0.2) is 41.2 Å². The Kier molecular flexibility index (Phi) is 6.06. The molecule has 1 aliphatic rings. The Morgan fingerprint density at radius 1 is 1.33 bits per heavy atom. The first-order valence-electron chi connectivity index (χ1n) is 8.44. The molecule has 1 fully saturated rings. The molecule has 3 unspecified atom stereocenters. The Labute approximate surface area is 142 Å². The number of urea groups is 1. The van der Waals surface area contributed by atoms with Crippen molar-refractivity contribution in [2.24, 2.45) is 11.8 Å². The van der Waals surface area contributed by atoms with E-state index in [4.69, 9.17) is 4.74 Å². The molecule has 24 heavy (non-hydrogen) atoms. The molecule has 2 rings (SSSR count). The van der Waals surface area contributed by atoms with E-state index in [0.29, 0.717) is 18.7 Å². The fraction of sp³-hybridized carbons (Fsp3) is 0.556. The maximum atomic E-state index is 12.4. The molecule has 1 heterocycles. The first-order valence-corrected chi connectivity index (χ1v) is 8.44. The summed E-state index contributed by atoms with van der Waals surface area (Å²) < 4.78 is 5.71. The summed E-state index contributed by atoms with van der Waals surface area (Å²) in [6, 6.07) is 6.96. The van der Waals surface area contributed by atoms with Gasteiger partial charge in [0.2, 0.25) is 0 Å². The molecule has 2 amide bonds. The molecule has 0 aromatic heterocycles. The Bertz CT molecular complexity index is 573. The highest BCUT2D eigenvalue weighted by Crippen LogP contribution is 2.23. The summed E-state index contributed by atoms with van der Waals surface area (Å²) in [5.74, 6) is -0.395. The van der Waals surface area contributed by atoms with Crippen molar-refractivity contribution in [1.82, 2.24) is 4.90 Å². The number of hydrogen-bond donors (Lipinski definition) is 2. The van der Waals surface area contributed by atoms with Crippen LogP contribution in [0.5, 0.6) is 5.75 Å². The maximum Gasteiger partial charge on any atom is 0.321 e. The third-order valence-corrected chi connectivity index (χ3v) is 4.31. The van der Waals surface area contributed by atoms with Crippen LogP contribution in [-0.2, 0) is 4.79 Å². The van der Waals surface area contributed by atoms with Crippen LogP contribution in [0.2, 0.25) is 0 Å². The van der Waals surface area contributed by atoms with Crippen LogP contribution in [0.1, 0.15) is 33.6 Å². The summed E-state index contributed by atoms with van der Waals surface area (Å²) in [6.07, 6.45) is 1.69. The lowest BCUT2D eigenvalue weighted by Crippen LogP contribution is -2.47. The zero-order valence-electron chi connectivity index (χ0n) is 14.5. The summed E-state index contributed by atoms with van der Waals surface area (Å²) in [5.41, 5.74) is 0.668. The number of likely N-dealkylation sites (tertiary alicyclic amines) is 1. The van der Waals surface area contributed by atoms with Gasteiger partial charge in [0.05, 0.1) is 12.0 Å². The van der Waals surface area contributed by atoms with Crippen molar-refractivity contribution in [2.75, 3.05) is 18.4 Å². The smallest absolute Gasteiger partial charge is 0.321 e. The maximum absolute atomic E-state index is 12.4. The van der Waals surface area contributed by atoms with E-state index in [2.05, 4.69) is 12.2 Å². The fourth-order valence-electron chi connectivity index (χ4n) is 2.83. The molecular weight excluding hydrogens is 308 g/mol. The number of hydrogen-bond acceptors (Lipinski definition) is 3. The average molecular weight is 334 g/mol. The molecule has 1 saturated heterocycles. The van der Waals surface area contributed by atoms with Crippen LogP contribution in [0, 0.1) is 11.8 Å². The molecule has 0 saturated carbocycles. The van der Waals surface area contributed by atoms with E-state index in [9.17, 15) is 14.7 Å². The van der Waals surface area contributed by atoms with Crippen LogP contribution in [0.15, 0.2) is 24.3 Å². The molecule has 6 heteroatoms. The van der Waals surface area contributed by atoms with Gasteiger partial charge in [-0.3, -0.25) is 4.79 Å². The van der Waals surface area contributed by atoms with Gasteiger partial charge in [0, 0.05) is 18.8 Å². The van der Waals surface area contributed by atoms with Gasteiger partial charge in [0.1, 0.15) is 5.75 Å². The number of rotatable bonds is 5. The Morgan fingerprint density at radius 2 is 2.00 bits per heavy atom. The molecule has 2 N–H and O–H groups in total. The van der Waals surface area contributed by atoms with Gasteiger partial charge < -0.3 is 20.1 Å². The van der Waals surface area contributed by atoms with E-state index < -0.39 is 11.9 Å². The van der Waals surface area contributed by atoms with Gasteiger partial charge in [-0.15, -0.1) is 0 Å². The van der Waals surface area contributed by atoms with Gasteiger partial charge in [-0.25, -0.2) is 4.79 Å². The van der Waals surface area contributed by atoms with Crippen molar-refractivity contribution in [3.8, 4) is 5.75 Å². The molecule has 3 atom stereocenters. The zero-order valence-corrected chi connectivity index (χ0v) is 14.5. The number of nitrogens with zero attached hydrogens (tertiary/aromatic N) is 1. The lowest BCUT2D eigenvalue weighted by Gasteiger charge is -2.34. The number of nitrogens with one attached hydrogen (secondary N) is 1. The number of benzene rings is 1. The second kappa shape index (κ2) is 8.04. The summed E-state index contributed by atoms with van der Waals surface area (Å²) in [7, 11) is 0. The van der Waals surface area contributed by atoms with E-state index in [0.717, 1.165) is 12.2 Å². The minimum Gasteiger partial charge on any atom is -0.491 e. The van der Waals surface area contributed by atoms with Crippen molar-refractivity contribution in [3.63, 3.8) is 0 Å². The van der Waals surface area contributed by atoms with Gasteiger partial charge in [0.25, 0.3) is 0 Å². The molecule has 1 aromatic rings. The van der Waals surface area contributed by atoms with Crippen molar-refractivity contribution in [2.45, 2.75) is 39.7 Å². The van der Waals surface area contributed by atoms with Crippen LogP contribution < -0.4 is 10.1 Å². The van der Waals surface area contributed by atoms with Gasteiger partial charge in [-0.1, -0.05) is 13.8 Å². The molecular formula is C18H26N2O4. The molecule has 0 radical (unpaired) electrons. The van der Waals surface area contributed by atoms with Gasteiger partial charge in [-0.05, 0) is 49.9 Å². The van der Waals surface area contributed by atoms with Gasteiger partial charge >= 0.3 is 12.0 Å². The quantitative estimate of drug-likeness (QED) is 0.864. The topological polar surface area (TPSA) is 78.9 Å². The predicted octanol–water partition coefficient (Wildman–Crippen LogP) is 3.44. The average Bonchev–Trinajstić information content (AvgIpc) is 2.55. The van der Waals surface area contributed by atoms with Gasteiger partial charge in [-0.2, -0.15) is 0 Å². The number of carbonyl (C=O) groups is 2. The monoisotopic (exact) mass is 334 g/mol. The first kappa shape index (κ1) is 18.1. The lowest BCUT2D eigenvalue weighted by molar-refractivity contribution is -0.143. The number of carboxylic acid groups (broad SMARTS) is 1. The minimum absolute atomic E-state index is 0.147. The van der Waals surface area contributed by atoms with Crippen LogP contribution in [0.25, 0.3) is 0 Å². The number of aliphatic carboxylic acids is 1. The molecule has 132 valence electrons. The second-order valence-electron chi connectivity index (χ2n) is 6.57. The van der Waals surface area contributed by atoms with Crippen molar-refractivity contribution < 1.29 is 19.4 Å². The minimum atomic E-state index is -0.842. The fourth-order valence-corrected chi connectivity index (χ4v) is 2.83. The Morgan fingerprint density at radius 3 is 2.58 bits per heavy atom. The summed E-state index contributed by atoms with van der Waals surface area (Å²) in [4.78, 5) is 25.2. The van der Waals surface area contributed by atoms with Crippen LogP contribution >= 0.6 is 0 Å². The number of piperidine rings is 1. The number of ether oxygens (including phenoxy) is 1. The number of anilines is 1. The van der Waals surface area contributed by atoms with Crippen molar-refractivity contribution >= 4 is 17.7 Å².